The lowest BCUT2D eigenvalue weighted by atomic mass is 9.51. The van der Waals surface area contributed by atoms with Gasteiger partial charge in [0.1, 0.15) is 0 Å². The molecule has 92 valence electrons. The molecule has 2 fully saturated rings. The van der Waals surface area contributed by atoms with Crippen LogP contribution in [0, 0.1) is 16.7 Å². The van der Waals surface area contributed by atoms with Crippen LogP contribution >= 0.6 is 0 Å². The summed E-state index contributed by atoms with van der Waals surface area (Å²) in [6.45, 7) is 4.41. The normalized spacial score (nSPS) is 47.7. The zero-order chi connectivity index (χ0) is 12.0. The quantitative estimate of drug-likeness (QED) is 0.760. The van der Waals surface area contributed by atoms with Crippen molar-refractivity contribution in [1.29, 1.82) is 0 Å². The van der Waals surface area contributed by atoms with Gasteiger partial charge in [0.25, 0.3) is 0 Å². The number of fused-ring (bicyclic) bond motifs is 2. The van der Waals surface area contributed by atoms with Crippen molar-refractivity contribution in [1.82, 2.24) is 0 Å². The van der Waals surface area contributed by atoms with E-state index >= 15 is 0 Å². The van der Waals surface area contributed by atoms with Crippen LogP contribution in [0.4, 0.5) is 0 Å². The van der Waals surface area contributed by atoms with Crippen LogP contribution < -0.4 is 0 Å². The number of hydrogen-bond donors (Lipinski definition) is 2. The van der Waals surface area contributed by atoms with Gasteiger partial charge in [-0.05, 0) is 48.9 Å². The molecule has 3 heteroatoms. The van der Waals surface area contributed by atoms with Crippen LogP contribution in [-0.2, 0) is 4.79 Å². The Morgan fingerprint density at radius 2 is 2.06 bits per heavy atom. The monoisotopic (exact) mass is 226 g/mol. The van der Waals surface area contributed by atoms with Gasteiger partial charge in [-0.15, -0.1) is 0 Å². The summed E-state index contributed by atoms with van der Waals surface area (Å²) in [5.41, 5.74) is 0.268. The Kier molecular flexibility index (Phi) is 2.77. The summed E-state index contributed by atoms with van der Waals surface area (Å²) in [5.74, 6) is -0.456. The number of aliphatic carboxylic acids is 1. The van der Waals surface area contributed by atoms with E-state index < -0.39 is 5.97 Å². The summed E-state index contributed by atoms with van der Waals surface area (Å²) >= 11 is 0. The highest BCUT2D eigenvalue weighted by molar-refractivity contribution is 5.67. The molecule has 4 atom stereocenters. The third-order valence-corrected chi connectivity index (χ3v) is 4.76. The Bertz CT molecular complexity index is 302. The number of aliphatic hydroxyl groups is 1. The molecular formula is C13H22O3. The summed E-state index contributed by atoms with van der Waals surface area (Å²) in [7, 11) is 0. The Morgan fingerprint density at radius 1 is 1.38 bits per heavy atom. The van der Waals surface area contributed by atoms with Crippen LogP contribution in [-0.4, -0.2) is 22.3 Å². The van der Waals surface area contributed by atoms with Crippen molar-refractivity contribution < 1.29 is 15.0 Å². The van der Waals surface area contributed by atoms with Gasteiger partial charge < -0.3 is 10.2 Å². The summed E-state index contributed by atoms with van der Waals surface area (Å²) in [6, 6.07) is 0. The molecule has 2 rings (SSSR count). The minimum Gasteiger partial charge on any atom is -0.481 e. The van der Waals surface area contributed by atoms with Crippen molar-refractivity contribution in [2.75, 3.05) is 0 Å². The van der Waals surface area contributed by atoms with Gasteiger partial charge in [0.05, 0.1) is 6.10 Å². The van der Waals surface area contributed by atoms with Crippen LogP contribution in [0.3, 0.4) is 0 Å². The molecule has 0 aromatic carbocycles. The molecule has 2 aliphatic rings. The third kappa shape index (κ3) is 2.10. The highest BCUT2D eigenvalue weighted by Crippen LogP contribution is 2.58. The summed E-state index contributed by atoms with van der Waals surface area (Å²) < 4.78 is 0. The van der Waals surface area contributed by atoms with Crippen molar-refractivity contribution in [2.45, 2.75) is 58.5 Å². The molecule has 2 aliphatic carbocycles. The first-order valence-corrected chi connectivity index (χ1v) is 6.23. The minimum atomic E-state index is -0.699. The van der Waals surface area contributed by atoms with Crippen LogP contribution in [0.5, 0.6) is 0 Å². The molecule has 2 bridgehead atoms. The van der Waals surface area contributed by atoms with Crippen molar-refractivity contribution in [3.63, 3.8) is 0 Å². The Labute approximate surface area is 96.9 Å². The van der Waals surface area contributed by atoms with E-state index in [0.29, 0.717) is 0 Å². The lowest BCUT2D eigenvalue weighted by Crippen LogP contribution is -2.48. The van der Waals surface area contributed by atoms with E-state index in [1.54, 1.807) is 0 Å². The Hall–Kier alpha value is -0.570. The van der Waals surface area contributed by atoms with Gasteiger partial charge in [-0.25, -0.2) is 0 Å². The second-order valence-corrected chi connectivity index (χ2v) is 6.54. The lowest BCUT2D eigenvalue weighted by Gasteiger charge is -2.55. The van der Waals surface area contributed by atoms with Gasteiger partial charge in [0.15, 0.2) is 0 Å². The largest absolute Gasteiger partial charge is 0.481 e. The lowest BCUT2D eigenvalue weighted by molar-refractivity contribution is -0.144. The van der Waals surface area contributed by atoms with Crippen LogP contribution in [0.25, 0.3) is 0 Å². The summed E-state index contributed by atoms with van der Waals surface area (Å²) in [4.78, 5) is 10.9. The Balaban J connectivity index is 2.17. The van der Waals surface area contributed by atoms with Crippen LogP contribution in [0.2, 0.25) is 0 Å². The molecule has 3 unspecified atom stereocenters. The van der Waals surface area contributed by atoms with E-state index in [1.165, 1.54) is 0 Å². The second kappa shape index (κ2) is 3.73. The van der Waals surface area contributed by atoms with E-state index in [4.69, 9.17) is 5.11 Å². The summed E-state index contributed by atoms with van der Waals surface area (Å²) in [5, 5.41) is 18.9. The zero-order valence-corrected chi connectivity index (χ0v) is 10.2. The molecule has 0 aromatic rings. The SMILES string of the molecule is CC12CC[C@H](CC(=O)O)C(C)(CC(O)C1)C2. The summed E-state index contributed by atoms with van der Waals surface area (Å²) in [6.07, 6.45) is 4.85. The fraction of sp³-hybridized carbons (Fsp3) is 0.923. The number of aliphatic hydroxyl groups excluding tert-OH is 1. The average Bonchev–Trinajstić information content (AvgIpc) is 2.07. The molecule has 0 radical (unpaired) electrons. The molecule has 2 N–H and O–H groups in total. The first-order chi connectivity index (χ1) is 7.33. The van der Waals surface area contributed by atoms with Gasteiger partial charge in [-0.1, -0.05) is 13.8 Å². The molecule has 0 heterocycles. The number of carbonyl (C=O) groups is 1. The molecule has 0 aliphatic heterocycles. The minimum absolute atomic E-state index is 0.0308. The van der Waals surface area contributed by atoms with E-state index in [9.17, 15) is 9.90 Å². The van der Waals surface area contributed by atoms with Crippen molar-refractivity contribution in [3.05, 3.63) is 0 Å². The van der Waals surface area contributed by atoms with Gasteiger partial charge >= 0.3 is 5.97 Å². The molecular weight excluding hydrogens is 204 g/mol. The molecule has 2 saturated carbocycles. The Morgan fingerprint density at radius 3 is 2.69 bits per heavy atom. The van der Waals surface area contributed by atoms with E-state index in [2.05, 4.69) is 13.8 Å². The number of carboxylic acid groups (broad SMARTS) is 1. The average molecular weight is 226 g/mol. The van der Waals surface area contributed by atoms with Crippen molar-refractivity contribution >= 4 is 5.97 Å². The first kappa shape index (κ1) is 11.9. The highest BCUT2D eigenvalue weighted by atomic mass is 16.4. The van der Waals surface area contributed by atoms with Gasteiger partial charge in [-0.2, -0.15) is 0 Å². The zero-order valence-electron chi connectivity index (χ0n) is 10.2. The number of carboxylic acids is 1. The smallest absolute Gasteiger partial charge is 0.303 e. The van der Waals surface area contributed by atoms with Gasteiger partial charge in [0.2, 0.25) is 0 Å². The van der Waals surface area contributed by atoms with Crippen LogP contribution in [0.1, 0.15) is 52.4 Å². The topological polar surface area (TPSA) is 57.5 Å². The molecule has 0 spiro atoms. The fourth-order valence-electron chi connectivity index (χ4n) is 4.23. The maximum Gasteiger partial charge on any atom is 0.303 e. The third-order valence-electron chi connectivity index (χ3n) is 4.76. The van der Waals surface area contributed by atoms with Gasteiger partial charge in [0, 0.05) is 6.42 Å². The first-order valence-electron chi connectivity index (χ1n) is 6.23. The molecule has 3 nitrogen and oxygen atoms in total. The maximum absolute atomic E-state index is 10.9. The second-order valence-electron chi connectivity index (χ2n) is 6.54. The van der Waals surface area contributed by atoms with Gasteiger partial charge in [-0.3, -0.25) is 4.79 Å². The van der Waals surface area contributed by atoms with E-state index in [1.807, 2.05) is 0 Å². The fourth-order valence-corrected chi connectivity index (χ4v) is 4.23. The van der Waals surface area contributed by atoms with Crippen molar-refractivity contribution in [2.24, 2.45) is 16.7 Å². The number of hydrogen-bond acceptors (Lipinski definition) is 2. The standard InChI is InChI=1S/C13H22O3/c1-12-4-3-9(5-11(15)16)13(2,8-12)7-10(14)6-12/h9-10,14H,3-8H2,1-2H3,(H,15,16)/t9-,10?,12?,13?/m1/s1. The van der Waals surface area contributed by atoms with E-state index in [-0.39, 0.29) is 29.3 Å². The molecule has 16 heavy (non-hydrogen) atoms. The van der Waals surface area contributed by atoms with Crippen molar-refractivity contribution in [3.8, 4) is 0 Å². The van der Waals surface area contributed by atoms with Crippen LogP contribution in [0.15, 0.2) is 0 Å². The molecule has 0 saturated heterocycles. The molecule has 0 amide bonds. The molecule has 0 aromatic heterocycles. The maximum atomic E-state index is 10.9. The predicted molar refractivity (Wildman–Crippen MR) is 61.0 cm³/mol. The predicted octanol–water partition coefficient (Wildman–Crippen LogP) is 2.43. The number of rotatable bonds is 2. The van der Waals surface area contributed by atoms with E-state index in [0.717, 1.165) is 32.1 Å². The highest BCUT2D eigenvalue weighted by Gasteiger charge is 2.50.